The summed E-state index contributed by atoms with van der Waals surface area (Å²) in [6, 6.07) is 7.60. The summed E-state index contributed by atoms with van der Waals surface area (Å²) in [5, 5.41) is 11.3. The Hall–Kier alpha value is -1.36. The minimum atomic E-state index is -0.846. The van der Waals surface area contributed by atoms with Crippen molar-refractivity contribution < 1.29 is 14.7 Å². The first-order chi connectivity index (χ1) is 8.84. The van der Waals surface area contributed by atoms with E-state index in [1.54, 1.807) is 0 Å². The molecule has 0 fully saturated rings. The Kier molecular flexibility index (Phi) is 5.54. The largest absolute Gasteiger partial charge is 0.481 e. The third-order valence-electron chi connectivity index (χ3n) is 2.99. The molecule has 1 aromatic carbocycles. The Balaban J connectivity index is 2.58. The molecule has 0 saturated heterocycles. The highest BCUT2D eigenvalue weighted by Crippen LogP contribution is 2.24. The molecule has 0 aromatic heterocycles. The van der Waals surface area contributed by atoms with Crippen molar-refractivity contribution in [2.24, 2.45) is 0 Å². The lowest BCUT2D eigenvalue weighted by Gasteiger charge is -2.24. The SMILES string of the molecule is CC(C)(C(=O)NCCCC(=O)O)c1ccc(Br)cc1. The van der Waals surface area contributed by atoms with E-state index in [1.807, 2.05) is 38.1 Å². The molecule has 0 aliphatic carbocycles. The van der Waals surface area contributed by atoms with Crippen molar-refractivity contribution in [3.63, 3.8) is 0 Å². The fourth-order valence-electron chi connectivity index (χ4n) is 1.66. The van der Waals surface area contributed by atoms with Gasteiger partial charge in [0.05, 0.1) is 5.41 Å². The average molecular weight is 328 g/mol. The summed E-state index contributed by atoms with van der Waals surface area (Å²) in [6.45, 7) is 4.08. The molecule has 0 atom stereocenters. The van der Waals surface area contributed by atoms with Crippen molar-refractivity contribution in [1.29, 1.82) is 0 Å². The molecule has 0 radical (unpaired) electrons. The second kappa shape index (κ2) is 6.70. The fourth-order valence-corrected chi connectivity index (χ4v) is 1.92. The maximum atomic E-state index is 12.1. The van der Waals surface area contributed by atoms with Crippen molar-refractivity contribution >= 4 is 27.8 Å². The van der Waals surface area contributed by atoms with Gasteiger partial charge in [-0.1, -0.05) is 28.1 Å². The number of carbonyl (C=O) groups excluding carboxylic acids is 1. The summed E-state index contributed by atoms with van der Waals surface area (Å²) >= 11 is 3.36. The summed E-state index contributed by atoms with van der Waals surface area (Å²) in [4.78, 5) is 22.5. The van der Waals surface area contributed by atoms with Crippen LogP contribution in [0.25, 0.3) is 0 Å². The van der Waals surface area contributed by atoms with Crippen molar-refractivity contribution in [1.82, 2.24) is 5.32 Å². The zero-order valence-corrected chi connectivity index (χ0v) is 12.7. The van der Waals surface area contributed by atoms with Crippen molar-refractivity contribution in [3.05, 3.63) is 34.3 Å². The summed E-state index contributed by atoms with van der Waals surface area (Å²) in [5.74, 6) is -0.943. The minimum absolute atomic E-state index is 0.0684. The molecule has 0 aliphatic heterocycles. The molecule has 0 aliphatic rings. The molecular formula is C14H18BrNO3. The van der Waals surface area contributed by atoms with Gasteiger partial charge in [0, 0.05) is 17.4 Å². The predicted octanol–water partition coefficient (Wildman–Crippen LogP) is 2.71. The molecule has 1 aromatic rings. The summed E-state index contributed by atoms with van der Waals surface area (Å²) < 4.78 is 0.967. The maximum Gasteiger partial charge on any atom is 0.303 e. The van der Waals surface area contributed by atoms with Gasteiger partial charge < -0.3 is 10.4 Å². The zero-order valence-electron chi connectivity index (χ0n) is 11.1. The number of hydrogen-bond acceptors (Lipinski definition) is 2. The van der Waals surface area contributed by atoms with Gasteiger partial charge in [0.2, 0.25) is 5.91 Å². The number of benzene rings is 1. The molecule has 0 saturated carbocycles. The summed E-state index contributed by atoms with van der Waals surface area (Å²) in [7, 11) is 0. The second-order valence-electron chi connectivity index (χ2n) is 4.89. The number of nitrogens with one attached hydrogen (secondary N) is 1. The monoisotopic (exact) mass is 327 g/mol. The lowest BCUT2D eigenvalue weighted by atomic mass is 9.84. The van der Waals surface area contributed by atoms with E-state index < -0.39 is 11.4 Å². The van der Waals surface area contributed by atoms with Gasteiger partial charge in [-0.05, 0) is 38.0 Å². The van der Waals surface area contributed by atoms with Crippen LogP contribution in [0.4, 0.5) is 0 Å². The van der Waals surface area contributed by atoms with E-state index in [0.717, 1.165) is 10.0 Å². The van der Waals surface area contributed by atoms with Crippen molar-refractivity contribution in [3.8, 4) is 0 Å². The van der Waals surface area contributed by atoms with Crippen LogP contribution in [0.3, 0.4) is 0 Å². The average Bonchev–Trinajstić information content (AvgIpc) is 2.34. The van der Waals surface area contributed by atoms with Gasteiger partial charge in [0.1, 0.15) is 0 Å². The Bertz CT molecular complexity index is 454. The van der Waals surface area contributed by atoms with Gasteiger partial charge in [-0.15, -0.1) is 0 Å². The highest BCUT2D eigenvalue weighted by Gasteiger charge is 2.29. The first kappa shape index (κ1) is 15.7. The van der Waals surface area contributed by atoms with Crippen LogP contribution in [0.15, 0.2) is 28.7 Å². The Morgan fingerprint density at radius 3 is 2.37 bits per heavy atom. The zero-order chi connectivity index (χ0) is 14.5. The van der Waals surface area contributed by atoms with Gasteiger partial charge in [-0.2, -0.15) is 0 Å². The number of hydrogen-bond donors (Lipinski definition) is 2. The smallest absolute Gasteiger partial charge is 0.303 e. The maximum absolute atomic E-state index is 12.1. The van der Waals surface area contributed by atoms with E-state index in [2.05, 4.69) is 21.2 Å². The van der Waals surface area contributed by atoms with Crippen molar-refractivity contribution in [2.45, 2.75) is 32.1 Å². The number of carboxylic acids is 1. The summed E-state index contributed by atoms with van der Waals surface area (Å²) in [6.07, 6.45) is 0.510. The predicted molar refractivity (Wildman–Crippen MR) is 77.0 cm³/mol. The molecule has 1 amide bonds. The fraction of sp³-hybridized carbons (Fsp3) is 0.429. The van der Waals surface area contributed by atoms with E-state index >= 15 is 0 Å². The molecule has 4 nitrogen and oxygen atoms in total. The molecule has 19 heavy (non-hydrogen) atoms. The first-order valence-corrected chi connectivity index (χ1v) is 6.89. The van der Waals surface area contributed by atoms with Gasteiger partial charge in [0.25, 0.3) is 0 Å². The number of carboxylic acid groups (broad SMARTS) is 1. The third-order valence-corrected chi connectivity index (χ3v) is 3.52. The van der Waals surface area contributed by atoms with Crippen LogP contribution in [-0.2, 0) is 15.0 Å². The van der Waals surface area contributed by atoms with Crippen molar-refractivity contribution in [2.75, 3.05) is 6.54 Å². The highest BCUT2D eigenvalue weighted by molar-refractivity contribution is 9.10. The van der Waals surface area contributed by atoms with E-state index in [1.165, 1.54) is 0 Å². The van der Waals surface area contributed by atoms with Gasteiger partial charge in [0.15, 0.2) is 0 Å². The van der Waals surface area contributed by atoms with Crippen LogP contribution < -0.4 is 5.32 Å². The standard InChI is InChI=1S/C14H18BrNO3/c1-14(2,10-5-7-11(15)8-6-10)13(19)16-9-3-4-12(17)18/h5-8H,3-4,9H2,1-2H3,(H,16,19)(H,17,18). The third kappa shape index (κ3) is 4.67. The molecule has 0 unspecified atom stereocenters. The van der Waals surface area contributed by atoms with Gasteiger partial charge >= 0.3 is 5.97 Å². The number of rotatable bonds is 6. The number of amides is 1. The lowest BCUT2D eigenvalue weighted by molar-refractivity contribution is -0.137. The van der Waals surface area contributed by atoms with Crippen LogP contribution in [0, 0.1) is 0 Å². The highest BCUT2D eigenvalue weighted by atomic mass is 79.9. The van der Waals surface area contributed by atoms with Gasteiger partial charge in [-0.25, -0.2) is 0 Å². The molecule has 0 heterocycles. The molecule has 104 valence electrons. The Labute approximate surface area is 121 Å². The molecule has 1 rings (SSSR count). The molecule has 2 N–H and O–H groups in total. The molecule has 0 spiro atoms. The first-order valence-electron chi connectivity index (χ1n) is 6.10. The second-order valence-corrected chi connectivity index (χ2v) is 5.80. The normalized spacial score (nSPS) is 11.1. The van der Waals surface area contributed by atoms with E-state index in [0.29, 0.717) is 13.0 Å². The van der Waals surface area contributed by atoms with E-state index in [-0.39, 0.29) is 12.3 Å². The van der Waals surface area contributed by atoms with Crippen LogP contribution in [0.2, 0.25) is 0 Å². The van der Waals surface area contributed by atoms with Crippen LogP contribution >= 0.6 is 15.9 Å². The molecule has 0 bridgehead atoms. The van der Waals surface area contributed by atoms with Gasteiger partial charge in [-0.3, -0.25) is 9.59 Å². The Morgan fingerprint density at radius 1 is 1.26 bits per heavy atom. The van der Waals surface area contributed by atoms with E-state index in [4.69, 9.17) is 5.11 Å². The summed E-state index contributed by atoms with van der Waals surface area (Å²) in [5.41, 5.74) is 0.288. The van der Waals surface area contributed by atoms with Crippen LogP contribution in [0.1, 0.15) is 32.3 Å². The number of aliphatic carboxylic acids is 1. The Morgan fingerprint density at radius 2 is 1.84 bits per heavy atom. The van der Waals surface area contributed by atoms with Crippen LogP contribution in [-0.4, -0.2) is 23.5 Å². The quantitative estimate of drug-likeness (QED) is 0.789. The minimum Gasteiger partial charge on any atom is -0.481 e. The molecule has 5 heteroatoms. The van der Waals surface area contributed by atoms with Crippen LogP contribution in [0.5, 0.6) is 0 Å². The topological polar surface area (TPSA) is 66.4 Å². The number of carbonyl (C=O) groups is 2. The van der Waals surface area contributed by atoms with E-state index in [9.17, 15) is 9.59 Å². The number of halogens is 1. The lowest BCUT2D eigenvalue weighted by Crippen LogP contribution is -2.40. The molecular weight excluding hydrogens is 310 g/mol.